The van der Waals surface area contributed by atoms with E-state index < -0.39 is 42.5 Å². The lowest BCUT2D eigenvalue weighted by molar-refractivity contribution is -0.141. The molecule has 0 fully saturated rings. The number of nitrogens with one attached hydrogen (secondary N) is 2. The van der Waals surface area contributed by atoms with Crippen molar-refractivity contribution < 1.29 is 29.7 Å². The van der Waals surface area contributed by atoms with Crippen LogP contribution in [-0.2, 0) is 20.8 Å². The molecule has 0 radical (unpaired) electrons. The van der Waals surface area contributed by atoms with Crippen molar-refractivity contribution in [3.8, 4) is 5.75 Å². The number of phenolic OH excluding ortho intramolecular Hbond substituents is 1. The van der Waals surface area contributed by atoms with Gasteiger partial charge >= 0.3 is 5.97 Å². The van der Waals surface area contributed by atoms with E-state index in [-0.39, 0.29) is 12.2 Å². The Morgan fingerprint density at radius 2 is 1.71 bits per heavy atom. The fourth-order valence-electron chi connectivity index (χ4n) is 1.81. The number of carboxylic acid groups (broad SMARTS) is 1. The average Bonchev–Trinajstić information content (AvgIpc) is 2.54. The number of phenols is 1. The number of carboxylic acids is 1. The molecule has 3 unspecified atom stereocenters. The molecule has 0 aliphatic carbocycles. The summed E-state index contributed by atoms with van der Waals surface area (Å²) >= 11 is 0. The van der Waals surface area contributed by atoms with E-state index in [1.807, 2.05) is 0 Å². The third-order valence-electron chi connectivity index (χ3n) is 3.27. The third-order valence-corrected chi connectivity index (χ3v) is 3.27. The quantitative estimate of drug-likeness (QED) is 0.330. The van der Waals surface area contributed by atoms with Crippen LogP contribution in [0.25, 0.3) is 0 Å². The van der Waals surface area contributed by atoms with E-state index in [9.17, 15) is 19.5 Å². The van der Waals surface area contributed by atoms with Gasteiger partial charge in [-0.05, 0) is 24.6 Å². The molecule has 9 heteroatoms. The van der Waals surface area contributed by atoms with Crippen LogP contribution < -0.4 is 16.4 Å². The first-order valence-electron chi connectivity index (χ1n) is 7.22. The van der Waals surface area contributed by atoms with Gasteiger partial charge in [0.25, 0.3) is 0 Å². The number of amides is 2. The van der Waals surface area contributed by atoms with E-state index in [0.717, 1.165) is 0 Å². The molecule has 9 nitrogen and oxygen atoms in total. The molecule has 0 heterocycles. The highest BCUT2D eigenvalue weighted by Crippen LogP contribution is 2.11. The Hall–Kier alpha value is -2.65. The second-order valence-electron chi connectivity index (χ2n) is 5.29. The highest BCUT2D eigenvalue weighted by atomic mass is 16.4. The predicted molar refractivity (Wildman–Crippen MR) is 84.0 cm³/mol. The molecule has 7 N–H and O–H groups in total. The van der Waals surface area contributed by atoms with Crippen molar-refractivity contribution in [2.75, 3.05) is 6.61 Å². The summed E-state index contributed by atoms with van der Waals surface area (Å²) < 4.78 is 0. The Morgan fingerprint density at radius 3 is 2.21 bits per heavy atom. The first kappa shape index (κ1) is 19.4. The topological polar surface area (TPSA) is 162 Å². The smallest absolute Gasteiger partial charge is 0.325 e. The molecule has 24 heavy (non-hydrogen) atoms. The number of aliphatic carboxylic acids is 1. The van der Waals surface area contributed by atoms with Crippen LogP contribution in [0, 0.1) is 0 Å². The number of carbonyl (C=O) groups is 3. The highest BCUT2D eigenvalue weighted by Gasteiger charge is 2.26. The standard InChI is InChI=1S/C15H21N3O6/c1-8(15(23)24)17-14(22)12(18-13(21)11(16)7-19)6-9-2-4-10(20)5-3-9/h2-5,8,11-12,19-20H,6-7,16H2,1H3,(H,17,22)(H,18,21)(H,23,24). The van der Waals surface area contributed by atoms with Gasteiger partial charge in [-0.15, -0.1) is 0 Å². The van der Waals surface area contributed by atoms with Crippen LogP contribution in [0.2, 0.25) is 0 Å². The monoisotopic (exact) mass is 339 g/mol. The van der Waals surface area contributed by atoms with Crippen molar-refractivity contribution in [1.82, 2.24) is 10.6 Å². The fourth-order valence-corrected chi connectivity index (χ4v) is 1.81. The summed E-state index contributed by atoms with van der Waals surface area (Å²) in [6, 6.07) is 2.56. The van der Waals surface area contributed by atoms with Crippen molar-refractivity contribution in [2.45, 2.75) is 31.5 Å². The van der Waals surface area contributed by atoms with Crippen LogP contribution in [0.3, 0.4) is 0 Å². The summed E-state index contributed by atoms with van der Waals surface area (Å²) in [6.07, 6.45) is 0.0579. The zero-order valence-corrected chi connectivity index (χ0v) is 13.1. The van der Waals surface area contributed by atoms with Gasteiger partial charge in [-0.1, -0.05) is 12.1 Å². The molecule has 0 aliphatic rings. The van der Waals surface area contributed by atoms with Gasteiger partial charge in [0.1, 0.15) is 23.9 Å². The number of hydrogen-bond donors (Lipinski definition) is 6. The maximum absolute atomic E-state index is 12.2. The Balaban J connectivity index is 2.89. The average molecular weight is 339 g/mol. The summed E-state index contributed by atoms with van der Waals surface area (Å²) in [5, 5.41) is 31.7. The molecular formula is C15H21N3O6. The van der Waals surface area contributed by atoms with Gasteiger partial charge < -0.3 is 31.7 Å². The van der Waals surface area contributed by atoms with E-state index in [4.69, 9.17) is 15.9 Å². The van der Waals surface area contributed by atoms with E-state index in [2.05, 4.69) is 10.6 Å². The molecule has 2 amide bonds. The molecule has 1 aromatic carbocycles. The molecule has 1 aromatic rings. The normalized spacial score (nSPS) is 14.3. The van der Waals surface area contributed by atoms with Crippen LogP contribution in [0.15, 0.2) is 24.3 Å². The Bertz CT molecular complexity index is 589. The lowest BCUT2D eigenvalue weighted by atomic mass is 10.0. The van der Waals surface area contributed by atoms with E-state index >= 15 is 0 Å². The van der Waals surface area contributed by atoms with Crippen molar-refractivity contribution in [3.05, 3.63) is 29.8 Å². The Kier molecular flexibility index (Phi) is 7.15. The van der Waals surface area contributed by atoms with Crippen LogP contribution in [0.5, 0.6) is 5.75 Å². The SMILES string of the molecule is CC(NC(=O)C(Cc1ccc(O)cc1)NC(=O)C(N)CO)C(=O)O. The maximum atomic E-state index is 12.2. The summed E-state index contributed by atoms with van der Waals surface area (Å²) in [7, 11) is 0. The van der Waals surface area contributed by atoms with E-state index in [0.29, 0.717) is 5.56 Å². The second kappa shape index (κ2) is 8.85. The van der Waals surface area contributed by atoms with Crippen molar-refractivity contribution in [1.29, 1.82) is 0 Å². The van der Waals surface area contributed by atoms with Gasteiger partial charge in [0.2, 0.25) is 11.8 Å². The lowest BCUT2D eigenvalue weighted by Gasteiger charge is -2.21. The van der Waals surface area contributed by atoms with Crippen LogP contribution in [0.4, 0.5) is 0 Å². The number of aliphatic hydroxyl groups excluding tert-OH is 1. The fraction of sp³-hybridized carbons (Fsp3) is 0.400. The van der Waals surface area contributed by atoms with E-state index in [1.165, 1.54) is 19.1 Å². The summed E-state index contributed by atoms with van der Waals surface area (Å²) in [5.41, 5.74) is 6.04. The van der Waals surface area contributed by atoms with Gasteiger partial charge in [-0.2, -0.15) is 0 Å². The number of aliphatic hydroxyl groups is 1. The molecule has 0 saturated heterocycles. The summed E-state index contributed by atoms with van der Waals surface area (Å²) in [6.45, 7) is 0.698. The zero-order valence-electron chi connectivity index (χ0n) is 13.1. The minimum absolute atomic E-state index is 0.0468. The number of rotatable bonds is 8. The van der Waals surface area contributed by atoms with Gasteiger partial charge in [-0.3, -0.25) is 14.4 Å². The van der Waals surface area contributed by atoms with E-state index in [1.54, 1.807) is 12.1 Å². The predicted octanol–water partition coefficient (Wildman–Crippen LogP) is -1.67. The lowest BCUT2D eigenvalue weighted by Crippen LogP contribution is -2.55. The number of hydrogen-bond acceptors (Lipinski definition) is 6. The molecule has 132 valence electrons. The molecule has 0 aliphatic heterocycles. The number of carbonyl (C=O) groups excluding carboxylic acids is 2. The minimum atomic E-state index is -1.22. The summed E-state index contributed by atoms with van der Waals surface area (Å²) in [5.74, 6) is -2.61. The molecule has 0 saturated carbocycles. The molecule has 0 aromatic heterocycles. The second-order valence-corrected chi connectivity index (χ2v) is 5.29. The van der Waals surface area contributed by atoms with Gasteiger partial charge in [0, 0.05) is 6.42 Å². The van der Waals surface area contributed by atoms with Crippen LogP contribution >= 0.6 is 0 Å². The zero-order chi connectivity index (χ0) is 18.3. The van der Waals surface area contributed by atoms with Crippen molar-refractivity contribution in [3.63, 3.8) is 0 Å². The summed E-state index contributed by atoms with van der Waals surface area (Å²) in [4.78, 5) is 34.9. The first-order valence-corrected chi connectivity index (χ1v) is 7.22. The van der Waals surface area contributed by atoms with Gasteiger partial charge in [0.15, 0.2) is 0 Å². The van der Waals surface area contributed by atoms with Crippen LogP contribution in [0.1, 0.15) is 12.5 Å². The van der Waals surface area contributed by atoms with Crippen LogP contribution in [-0.4, -0.2) is 57.8 Å². The van der Waals surface area contributed by atoms with Crippen molar-refractivity contribution >= 4 is 17.8 Å². The number of nitrogens with two attached hydrogens (primary N) is 1. The van der Waals surface area contributed by atoms with Crippen molar-refractivity contribution in [2.24, 2.45) is 5.73 Å². The largest absolute Gasteiger partial charge is 0.508 e. The number of aromatic hydroxyl groups is 1. The maximum Gasteiger partial charge on any atom is 0.325 e. The Morgan fingerprint density at radius 1 is 1.12 bits per heavy atom. The number of benzene rings is 1. The molecular weight excluding hydrogens is 318 g/mol. The molecule has 1 rings (SSSR count). The molecule has 3 atom stereocenters. The minimum Gasteiger partial charge on any atom is -0.508 e. The van der Waals surface area contributed by atoms with Gasteiger partial charge in [0.05, 0.1) is 6.61 Å². The third kappa shape index (κ3) is 5.86. The van der Waals surface area contributed by atoms with Gasteiger partial charge in [-0.25, -0.2) is 0 Å². The molecule has 0 spiro atoms. The first-order chi connectivity index (χ1) is 11.2. The highest BCUT2D eigenvalue weighted by molar-refractivity contribution is 5.91. The molecule has 0 bridgehead atoms. The Labute approximate surface area is 138 Å².